The molecule has 1 fully saturated rings. The largest absolute Gasteiger partial charge is 0.492 e. The summed E-state index contributed by atoms with van der Waals surface area (Å²) in [7, 11) is -3.62. The van der Waals surface area contributed by atoms with Gasteiger partial charge in [-0.1, -0.05) is 29.3 Å². The molecular weight excluding hydrogens is 334 g/mol. The molecule has 0 heterocycles. The first-order chi connectivity index (χ1) is 10.9. The van der Waals surface area contributed by atoms with Crippen LogP contribution in [0.3, 0.4) is 0 Å². The lowest BCUT2D eigenvalue weighted by atomic mass is 10.2. The molecular formula is C17H18ClNO3S. The highest BCUT2D eigenvalue weighted by atomic mass is 35.5. The van der Waals surface area contributed by atoms with Crippen molar-refractivity contribution in [3.05, 3.63) is 53.1 Å². The van der Waals surface area contributed by atoms with Crippen LogP contribution in [0.15, 0.2) is 47.4 Å². The lowest BCUT2D eigenvalue weighted by Crippen LogP contribution is -2.13. The molecule has 4 nitrogen and oxygen atoms in total. The van der Waals surface area contributed by atoms with Gasteiger partial charge in [-0.25, -0.2) is 8.42 Å². The van der Waals surface area contributed by atoms with Crippen LogP contribution in [0.5, 0.6) is 5.75 Å². The number of rotatable bonds is 6. The molecule has 1 saturated carbocycles. The van der Waals surface area contributed by atoms with Crippen LogP contribution in [0.25, 0.3) is 0 Å². The second-order valence-corrected chi connectivity index (χ2v) is 7.91. The zero-order valence-corrected chi connectivity index (χ0v) is 14.3. The van der Waals surface area contributed by atoms with Gasteiger partial charge < -0.3 is 4.74 Å². The van der Waals surface area contributed by atoms with Gasteiger partial charge in [0, 0.05) is 0 Å². The average molecular weight is 352 g/mol. The quantitative estimate of drug-likeness (QED) is 0.846. The van der Waals surface area contributed by atoms with Crippen LogP contribution in [0.1, 0.15) is 18.4 Å². The molecule has 3 rings (SSSR count). The fraction of sp³-hybridized carbons (Fsp3) is 0.294. The molecule has 0 atom stereocenters. The van der Waals surface area contributed by atoms with Crippen LogP contribution in [0.4, 0.5) is 5.69 Å². The van der Waals surface area contributed by atoms with Crippen molar-refractivity contribution >= 4 is 27.3 Å². The normalized spacial score (nSPS) is 14.5. The third kappa shape index (κ3) is 4.18. The molecule has 6 heteroatoms. The number of ether oxygens (including phenoxy) is 1. The van der Waals surface area contributed by atoms with Crippen LogP contribution < -0.4 is 9.46 Å². The number of benzene rings is 2. The molecule has 0 amide bonds. The molecule has 122 valence electrons. The van der Waals surface area contributed by atoms with Crippen molar-refractivity contribution < 1.29 is 13.2 Å². The van der Waals surface area contributed by atoms with E-state index < -0.39 is 10.0 Å². The number of aryl methyl sites for hydroxylation is 1. The molecule has 0 unspecified atom stereocenters. The van der Waals surface area contributed by atoms with Crippen molar-refractivity contribution in [2.45, 2.75) is 24.7 Å². The Hall–Kier alpha value is -1.72. The highest BCUT2D eigenvalue weighted by Crippen LogP contribution is 2.33. The maximum atomic E-state index is 12.3. The Morgan fingerprint density at radius 2 is 1.87 bits per heavy atom. The predicted octanol–water partition coefficient (Wildman–Crippen LogP) is 4.24. The van der Waals surface area contributed by atoms with E-state index in [9.17, 15) is 8.42 Å². The van der Waals surface area contributed by atoms with Gasteiger partial charge in [0.2, 0.25) is 0 Å². The van der Waals surface area contributed by atoms with Gasteiger partial charge in [-0.15, -0.1) is 0 Å². The van der Waals surface area contributed by atoms with Crippen molar-refractivity contribution in [2.75, 3.05) is 11.3 Å². The first kappa shape index (κ1) is 16.1. The van der Waals surface area contributed by atoms with E-state index in [4.69, 9.17) is 16.3 Å². The molecule has 2 aromatic rings. The molecule has 0 saturated heterocycles. The van der Waals surface area contributed by atoms with Crippen LogP contribution in [0, 0.1) is 12.8 Å². The van der Waals surface area contributed by atoms with Crippen molar-refractivity contribution in [3.63, 3.8) is 0 Å². The smallest absolute Gasteiger partial charge is 0.261 e. The van der Waals surface area contributed by atoms with Crippen LogP contribution in [-0.2, 0) is 10.0 Å². The van der Waals surface area contributed by atoms with Gasteiger partial charge in [0.1, 0.15) is 5.75 Å². The van der Waals surface area contributed by atoms with E-state index in [0.717, 1.165) is 5.56 Å². The van der Waals surface area contributed by atoms with Crippen molar-refractivity contribution in [2.24, 2.45) is 5.92 Å². The molecule has 0 bridgehead atoms. The minimum atomic E-state index is -3.62. The van der Waals surface area contributed by atoms with Gasteiger partial charge in [-0.3, -0.25) is 4.72 Å². The predicted molar refractivity (Wildman–Crippen MR) is 91.7 cm³/mol. The summed E-state index contributed by atoms with van der Waals surface area (Å²) in [5.74, 6) is 1.21. The van der Waals surface area contributed by atoms with Crippen molar-refractivity contribution in [1.82, 2.24) is 0 Å². The summed E-state index contributed by atoms with van der Waals surface area (Å²) in [6, 6.07) is 11.6. The maximum Gasteiger partial charge on any atom is 0.261 e. The zero-order valence-electron chi connectivity index (χ0n) is 12.8. The highest BCUT2D eigenvalue weighted by molar-refractivity contribution is 7.92. The van der Waals surface area contributed by atoms with E-state index in [1.165, 1.54) is 12.8 Å². The summed E-state index contributed by atoms with van der Waals surface area (Å²) >= 11 is 6.17. The molecule has 0 spiro atoms. The number of anilines is 1. The SMILES string of the molecule is Cc1ccc(S(=O)(=O)Nc2ccc(OCC3CC3)c(Cl)c2)cc1. The minimum Gasteiger partial charge on any atom is -0.492 e. The zero-order chi connectivity index (χ0) is 16.4. The summed E-state index contributed by atoms with van der Waals surface area (Å²) in [5.41, 5.74) is 1.42. The van der Waals surface area contributed by atoms with Gasteiger partial charge >= 0.3 is 0 Å². The Balaban J connectivity index is 1.73. The Labute approximate surface area is 141 Å². The molecule has 2 aromatic carbocycles. The van der Waals surface area contributed by atoms with Crippen LogP contribution >= 0.6 is 11.6 Å². The molecule has 0 radical (unpaired) electrons. The van der Waals surface area contributed by atoms with Gasteiger partial charge in [0.25, 0.3) is 10.0 Å². The second kappa shape index (κ2) is 6.42. The van der Waals surface area contributed by atoms with Gasteiger partial charge in [0.05, 0.1) is 22.2 Å². The fourth-order valence-electron chi connectivity index (χ4n) is 2.11. The first-order valence-electron chi connectivity index (χ1n) is 7.46. The third-order valence-electron chi connectivity index (χ3n) is 3.69. The minimum absolute atomic E-state index is 0.216. The molecule has 1 N–H and O–H groups in total. The molecule has 0 aliphatic heterocycles. The first-order valence-corrected chi connectivity index (χ1v) is 9.32. The molecule has 0 aromatic heterocycles. The summed E-state index contributed by atoms with van der Waals surface area (Å²) in [6.45, 7) is 2.57. The highest BCUT2D eigenvalue weighted by Gasteiger charge is 2.22. The molecule has 1 aliphatic rings. The Morgan fingerprint density at radius 3 is 2.48 bits per heavy atom. The summed E-state index contributed by atoms with van der Waals surface area (Å²) in [6.07, 6.45) is 2.40. The second-order valence-electron chi connectivity index (χ2n) is 5.82. The summed E-state index contributed by atoms with van der Waals surface area (Å²) < 4.78 is 32.9. The molecule has 23 heavy (non-hydrogen) atoms. The maximum absolute atomic E-state index is 12.3. The van der Waals surface area contributed by atoms with Gasteiger partial charge in [-0.05, 0) is 56.0 Å². The topological polar surface area (TPSA) is 55.4 Å². The van der Waals surface area contributed by atoms with Crippen molar-refractivity contribution in [3.8, 4) is 5.75 Å². The van der Waals surface area contributed by atoms with E-state index >= 15 is 0 Å². The van der Waals surface area contributed by atoms with E-state index in [0.29, 0.717) is 29.0 Å². The summed E-state index contributed by atoms with van der Waals surface area (Å²) in [4.78, 5) is 0.216. The Bertz CT molecular complexity index is 799. The monoisotopic (exact) mass is 351 g/mol. The molecule has 1 aliphatic carbocycles. The van der Waals surface area contributed by atoms with Gasteiger partial charge in [0.15, 0.2) is 0 Å². The number of nitrogens with one attached hydrogen (secondary N) is 1. The van der Waals surface area contributed by atoms with Crippen molar-refractivity contribution in [1.29, 1.82) is 0 Å². The number of hydrogen-bond donors (Lipinski definition) is 1. The number of hydrogen-bond acceptors (Lipinski definition) is 3. The van der Waals surface area contributed by atoms with E-state index in [1.54, 1.807) is 42.5 Å². The Kier molecular flexibility index (Phi) is 4.50. The lowest BCUT2D eigenvalue weighted by Gasteiger charge is -2.11. The standard InChI is InChI=1S/C17H18ClNO3S/c1-12-2-7-15(8-3-12)23(20,21)19-14-6-9-17(16(18)10-14)22-11-13-4-5-13/h2-3,6-10,13,19H,4-5,11H2,1H3. The number of halogens is 1. The van der Waals surface area contributed by atoms with Gasteiger partial charge in [-0.2, -0.15) is 0 Å². The third-order valence-corrected chi connectivity index (χ3v) is 5.38. The number of sulfonamides is 1. The van der Waals surface area contributed by atoms with Crippen LogP contribution in [0.2, 0.25) is 5.02 Å². The fourth-order valence-corrected chi connectivity index (χ4v) is 3.39. The van der Waals surface area contributed by atoms with Crippen LogP contribution in [-0.4, -0.2) is 15.0 Å². The van der Waals surface area contributed by atoms with E-state index in [2.05, 4.69) is 4.72 Å². The lowest BCUT2D eigenvalue weighted by molar-refractivity contribution is 0.300. The average Bonchev–Trinajstić information content (AvgIpc) is 3.31. The summed E-state index contributed by atoms with van der Waals surface area (Å²) in [5, 5.41) is 0.398. The Morgan fingerprint density at radius 1 is 1.17 bits per heavy atom. The van der Waals surface area contributed by atoms with E-state index in [1.807, 2.05) is 6.92 Å². The van der Waals surface area contributed by atoms with E-state index in [-0.39, 0.29) is 4.90 Å².